The minimum absolute atomic E-state index is 0.00979. The van der Waals surface area contributed by atoms with Crippen LogP contribution < -0.4 is 9.64 Å². The molecule has 8 nitrogen and oxygen atoms in total. The number of aliphatic hydroxyl groups is 1. The van der Waals surface area contributed by atoms with Crippen LogP contribution in [0.25, 0.3) is 0 Å². The number of halogens is 2. The highest BCUT2D eigenvalue weighted by Gasteiger charge is 2.49. The van der Waals surface area contributed by atoms with E-state index in [0.29, 0.717) is 48.5 Å². The summed E-state index contributed by atoms with van der Waals surface area (Å²) in [4.78, 5) is 22.5. The Kier molecular flexibility index (Phi) is 7.24. The number of anilines is 1. The van der Waals surface area contributed by atoms with Crippen molar-refractivity contribution in [1.82, 2.24) is 20.1 Å². The third-order valence-corrected chi connectivity index (χ3v) is 8.26. The molecule has 10 heteroatoms. The van der Waals surface area contributed by atoms with Gasteiger partial charge >= 0.3 is 0 Å². The van der Waals surface area contributed by atoms with E-state index in [9.17, 15) is 14.3 Å². The first kappa shape index (κ1) is 26.3. The number of likely N-dealkylation sites (tertiary alicyclic amines) is 1. The van der Waals surface area contributed by atoms with Gasteiger partial charge in [0.05, 0.1) is 23.7 Å². The number of carbonyl (C=O) groups is 1. The maximum atomic E-state index is 14.1. The first-order valence-electron chi connectivity index (χ1n) is 12.7. The van der Waals surface area contributed by atoms with Crippen LogP contribution in [0.2, 0.25) is 5.02 Å². The maximum Gasteiger partial charge on any atom is 0.233 e. The first-order valence-corrected chi connectivity index (χ1v) is 13.1. The quantitative estimate of drug-likeness (QED) is 0.526. The highest BCUT2D eigenvalue weighted by Crippen LogP contribution is 2.43. The molecule has 0 spiro atoms. The number of ether oxygens (including phenoxy) is 1. The molecular formula is C28H31ClFN5O3. The molecule has 1 N–H and O–H groups in total. The van der Waals surface area contributed by atoms with E-state index in [1.165, 1.54) is 19.2 Å². The lowest BCUT2D eigenvalue weighted by atomic mass is 9.70. The Morgan fingerprint density at radius 2 is 1.74 bits per heavy atom. The summed E-state index contributed by atoms with van der Waals surface area (Å²) < 4.78 is 18.7. The summed E-state index contributed by atoms with van der Waals surface area (Å²) in [7, 11) is 1.54. The Balaban J connectivity index is 1.40. The van der Waals surface area contributed by atoms with E-state index in [-0.39, 0.29) is 35.4 Å². The van der Waals surface area contributed by atoms with Crippen LogP contribution in [-0.4, -0.2) is 64.4 Å². The average Bonchev–Trinajstić information content (AvgIpc) is 3.37. The lowest BCUT2D eigenvalue weighted by Crippen LogP contribution is -2.57. The zero-order valence-corrected chi connectivity index (χ0v) is 22.3. The zero-order chi connectivity index (χ0) is 27.0. The number of benzene rings is 1. The summed E-state index contributed by atoms with van der Waals surface area (Å²) in [5.41, 5.74) is 0.291. The highest BCUT2D eigenvalue weighted by molar-refractivity contribution is 6.30. The number of rotatable bonds is 5. The highest BCUT2D eigenvalue weighted by atomic mass is 35.5. The predicted octanol–water partition coefficient (Wildman–Crippen LogP) is 3.89. The number of pyridine rings is 1. The van der Waals surface area contributed by atoms with E-state index >= 15 is 0 Å². The number of aromatic nitrogens is 3. The minimum atomic E-state index is -1.16. The van der Waals surface area contributed by atoms with E-state index in [0.717, 1.165) is 5.69 Å². The molecule has 2 fully saturated rings. The van der Waals surface area contributed by atoms with Crippen molar-refractivity contribution in [3.05, 3.63) is 76.8 Å². The van der Waals surface area contributed by atoms with E-state index in [1.807, 2.05) is 35.8 Å². The van der Waals surface area contributed by atoms with Gasteiger partial charge in [0.25, 0.3) is 0 Å². The fourth-order valence-corrected chi connectivity index (χ4v) is 6.05. The van der Waals surface area contributed by atoms with Crippen molar-refractivity contribution in [3.63, 3.8) is 0 Å². The molecule has 2 saturated heterocycles. The van der Waals surface area contributed by atoms with E-state index < -0.39 is 5.60 Å². The Morgan fingerprint density at radius 3 is 2.32 bits per heavy atom. The van der Waals surface area contributed by atoms with Gasteiger partial charge in [-0.3, -0.25) is 9.78 Å². The van der Waals surface area contributed by atoms with Crippen molar-refractivity contribution < 1.29 is 19.0 Å². The van der Waals surface area contributed by atoms with Gasteiger partial charge in [0.15, 0.2) is 5.82 Å². The van der Waals surface area contributed by atoms with Gasteiger partial charge in [0.2, 0.25) is 11.8 Å². The third kappa shape index (κ3) is 4.80. The molecule has 5 rings (SSSR count). The number of hydrogen-bond acceptors (Lipinski definition) is 7. The molecule has 1 unspecified atom stereocenters. The van der Waals surface area contributed by atoms with Gasteiger partial charge in [0.1, 0.15) is 5.82 Å². The number of amides is 1. The Hall–Kier alpha value is -3.30. The van der Waals surface area contributed by atoms with Crippen LogP contribution >= 0.6 is 11.6 Å². The fraction of sp³-hybridized carbons (Fsp3) is 0.429. The van der Waals surface area contributed by atoms with E-state index in [1.54, 1.807) is 30.5 Å². The fourth-order valence-electron chi connectivity index (χ4n) is 5.94. The molecule has 1 aromatic carbocycles. The van der Waals surface area contributed by atoms with Gasteiger partial charge in [-0.05, 0) is 35.9 Å². The molecule has 0 saturated carbocycles. The Bertz CT molecular complexity index is 1260. The molecule has 0 aliphatic carbocycles. The van der Waals surface area contributed by atoms with Crippen LogP contribution in [0, 0.1) is 23.6 Å². The van der Waals surface area contributed by atoms with Gasteiger partial charge in [-0.25, -0.2) is 4.39 Å². The van der Waals surface area contributed by atoms with Gasteiger partial charge in [-0.1, -0.05) is 37.6 Å². The molecule has 2 aliphatic heterocycles. The van der Waals surface area contributed by atoms with Crippen LogP contribution in [0.5, 0.6) is 5.88 Å². The van der Waals surface area contributed by atoms with Crippen molar-refractivity contribution in [3.8, 4) is 5.88 Å². The normalized spacial score (nSPS) is 27.4. The molecule has 1 amide bonds. The molecule has 2 aromatic heterocycles. The van der Waals surface area contributed by atoms with E-state index in [4.69, 9.17) is 16.3 Å². The molecule has 2 aliphatic rings. The summed E-state index contributed by atoms with van der Waals surface area (Å²) in [5.74, 6) is -0.311. The largest absolute Gasteiger partial charge is 0.480 e. The first-order chi connectivity index (χ1) is 18.2. The van der Waals surface area contributed by atoms with Crippen LogP contribution in [0.15, 0.2) is 54.7 Å². The molecule has 0 bridgehead atoms. The summed E-state index contributed by atoms with van der Waals surface area (Å²) in [6.45, 7) is 5.64. The minimum Gasteiger partial charge on any atom is -0.480 e. The second-order valence-electron chi connectivity index (χ2n) is 10.3. The molecule has 0 radical (unpaired) electrons. The van der Waals surface area contributed by atoms with E-state index in [2.05, 4.69) is 15.2 Å². The molecule has 200 valence electrons. The second kappa shape index (κ2) is 10.5. The molecule has 4 heterocycles. The Morgan fingerprint density at radius 1 is 1.03 bits per heavy atom. The van der Waals surface area contributed by atoms with Gasteiger partial charge in [-0.15, -0.1) is 10.2 Å². The lowest BCUT2D eigenvalue weighted by Gasteiger charge is -2.48. The van der Waals surface area contributed by atoms with Gasteiger partial charge in [0, 0.05) is 61.9 Å². The topological polar surface area (TPSA) is 91.7 Å². The maximum absolute atomic E-state index is 14.1. The van der Waals surface area contributed by atoms with Gasteiger partial charge in [-0.2, -0.15) is 0 Å². The summed E-state index contributed by atoms with van der Waals surface area (Å²) in [6, 6.07) is 13.2. The molecule has 5 atom stereocenters. The summed E-state index contributed by atoms with van der Waals surface area (Å²) in [6.07, 6.45) is 1.60. The Labute approximate surface area is 226 Å². The van der Waals surface area contributed by atoms with Crippen molar-refractivity contribution in [2.24, 2.45) is 17.8 Å². The number of hydrogen-bond donors (Lipinski definition) is 1. The number of nitrogens with zero attached hydrogens (tertiary/aromatic N) is 5. The summed E-state index contributed by atoms with van der Waals surface area (Å²) in [5, 5.41) is 20.6. The number of piperidine rings is 1. The number of carbonyl (C=O) groups excluding carboxylic acids is 1. The van der Waals surface area contributed by atoms with Crippen LogP contribution in [0.1, 0.15) is 31.0 Å². The average molecular weight is 540 g/mol. The van der Waals surface area contributed by atoms with Crippen molar-refractivity contribution >= 4 is 23.3 Å². The summed E-state index contributed by atoms with van der Waals surface area (Å²) >= 11 is 6.09. The zero-order valence-electron chi connectivity index (χ0n) is 21.6. The van der Waals surface area contributed by atoms with Crippen molar-refractivity contribution in [2.75, 3.05) is 38.2 Å². The van der Waals surface area contributed by atoms with Crippen LogP contribution in [0.3, 0.4) is 0 Å². The second-order valence-corrected chi connectivity index (χ2v) is 10.8. The molecular weight excluding hydrogens is 509 g/mol. The number of methoxy groups -OCH3 is 1. The molecule has 38 heavy (non-hydrogen) atoms. The van der Waals surface area contributed by atoms with Crippen molar-refractivity contribution in [1.29, 1.82) is 0 Å². The lowest BCUT2D eigenvalue weighted by molar-refractivity contribution is -0.152. The van der Waals surface area contributed by atoms with Crippen molar-refractivity contribution in [2.45, 2.75) is 25.4 Å². The standard InChI is InChI=1S/C28H31ClFN5O3/c1-17-13-35(14-18(2)28(17,37)19-4-7-21(30)8-5-19)27(36)23-16-34(25-10-11-26(38-3)33-32-25)15-22(23)24-9-6-20(29)12-31-24/h4-12,17-18,22-23,37H,13-16H2,1-3H3/t17-,18+,22-,23-,28?/m1/s1. The van der Waals surface area contributed by atoms with Gasteiger partial charge < -0.3 is 19.6 Å². The monoisotopic (exact) mass is 539 g/mol. The SMILES string of the molecule is COc1ccc(N2C[C@@H](C(=O)N3C[C@@H](C)C(O)(c4ccc(F)cc4)[C@@H](C)C3)[C@H](c3ccc(Cl)cn3)C2)nn1. The molecule has 3 aromatic rings. The van der Waals surface area contributed by atoms with Crippen LogP contribution in [0.4, 0.5) is 10.2 Å². The smallest absolute Gasteiger partial charge is 0.233 e. The third-order valence-electron chi connectivity index (χ3n) is 8.04. The predicted molar refractivity (Wildman–Crippen MR) is 141 cm³/mol. The van der Waals surface area contributed by atoms with Crippen LogP contribution in [-0.2, 0) is 10.4 Å².